The van der Waals surface area contributed by atoms with E-state index in [1.807, 2.05) is 11.3 Å². The van der Waals surface area contributed by atoms with Crippen molar-refractivity contribution in [2.75, 3.05) is 6.54 Å². The van der Waals surface area contributed by atoms with Crippen LogP contribution < -0.4 is 5.32 Å². The van der Waals surface area contributed by atoms with Gasteiger partial charge < -0.3 is 5.32 Å². The first kappa shape index (κ1) is 13.3. The van der Waals surface area contributed by atoms with Crippen LogP contribution in [0.25, 0.3) is 0 Å². The number of rotatable bonds is 6. The maximum Gasteiger partial charge on any atom is 0.0701 e. The van der Waals surface area contributed by atoms with E-state index in [2.05, 4.69) is 57.1 Å². The molecule has 0 fully saturated rings. The molecule has 2 aromatic heterocycles. The predicted molar refractivity (Wildman–Crippen MR) is 81.1 cm³/mol. The van der Waals surface area contributed by atoms with Crippen molar-refractivity contribution in [1.82, 2.24) is 5.32 Å². The zero-order valence-corrected chi connectivity index (χ0v) is 13.0. The van der Waals surface area contributed by atoms with E-state index < -0.39 is 0 Å². The summed E-state index contributed by atoms with van der Waals surface area (Å²) in [5.74, 6) is 0. The Morgan fingerprint density at radius 2 is 2.24 bits per heavy atom. The molecule has 1 unspecified atom stereocenters. The molecule has 2 heterocycles. The second-order valence-corrected chi connectivity index (χ2v) is 7.30. The van der Waals surface area contributed by atoms with E-state index in [1.165, 1.54) is 20.6 Å². The fraction of sp³-hybridized carbons (Fsp3) is 0.385. The Kier molecular flexibility index (Phi) is 5.22. The number of nitrogens with one attached hydrogen (secondary N) is 1. The number of hydrogen-bond acceptors (Lipinski definition) is 3. The highest BCUT2D eigenvalue weighted by Crippen LogP contribution is 2.27. The Hall–Kier alpha value is -0.160. The average Bonchev–Trinajstić information content (AvgIpc) is 2.95. The summed E-state index contributed by atoms with van der Waals surface area (Å²) in [5.41, 5.74) is 1.41. The van der Waals surface area contributed by atoms with E-state index in [0.29, 0.717) is 6.04 Å². The first-order valence-corrected chi connectivity index (χ1v) is 8.34. The van der Waals surface area contributed by atoms with Crippen molar-refractivity contribution in [1.29, 1.82) is 0 Å². The molecule has 2 rings (SSSR count). The van der Waals surface area contributed by atoms with Gasteiger partial charge in [0.15, 0.2) is 0 Å². The van der Waals surface area contributed by atoms with E-state index in [9.17, 15) is 0 Å². The van der Waals surface area contributed by atoms with Gasteiger partial charge in [0.05, 0.1) is 3.79 Å². The maximum atomic E-state index is 3.63. The minimum Gasteiger partial charge on any atom is -0.310 e. The van der Waals surface area contributed by atoms with E-state index in [0.717, 1.165) is 13.0 Å². The molecule has 1 N–H and O–H groups in total. The topological polar surface area (TPSA) is 12.0 Å². The lowest BCUT2D eigenvalue weighted by molar-refractivity contribution is 0.533. The number of thiophene rings is 2. The predicted octanol–water partition coefficient (Wildman–Crippen LogP) is 4.86. The van der Waals surface area contributed by atoms with Crippen molar-refractivity contribution < 1.29 is 0 Å². The van der Waals surface area contributed by atoms with E-state index in [4.69, 9.17) is 0 Å². The molecular formula is C13H16BrNS2. The quantitative estimate of drug-likeness (QED) is 0.798. The third-order valence-corrected chi connectivity index (χ3v) is 4.97. The molecule has 0 aliphatic heterocycles. The van der Waals surface area contributed by atoms with Crippen molar-refractivity contribution in [3.8, 4) is 0 Å². The molecule has 92 valence electrons. The smallest absolute Gasteiger partial charge is 0.0701 e. The van der Waals surface area contributed by atoms with Gasteiger partial charge in [-0.05, 0) is 63.4 Å². The first-order chi connectivity index (χ1) is 8.29. The maximum absolute atomic E-state index is 3.63. The van der Waals surface area contributed by atoms with E-state index in [1.54, 1.807) is 11.3 Å². The zero-order chi connectivity index (χ0) is 12.1. The second kappa shape index (κ2) is 6.69. The third kappa shape index (κ3) is 3.91. The molecule has 1 atom stereocenters. The standard InChI is InChI=1S/C13H16BrNS2/c1-2-6-15-12(10-5-7-16-9-10)8-11-3-4-13(14)17-11/h3-5,7,9,12,15H,2,6,8H2,1H3. The average molecular weight is 330 g/mol. The highest BCUT2D eigenvalue weighted by Gasteiger charge is 2.12. The molecule has 0 saturated carbocycles. The van der Waals surface area contributed by atoms with Gasteiger partial charge in [-0.25, -0.2) is 0 Å². The molecule has 0 aromatic carbocycles. The van der Waals surface area contributed by atoms with Gasteiger partial charge in [-0.3, -0.25) is 0 Å². The summed E-state index contributed by atoms with van der Waals surface area (Å²) < 4.78 is 1.21. The lowest BCUT2D eigenvalue weighted by atomic mass is 10.1. The van der Waals surface area contributed by atoms with Crippen LogP contribution in [0.3, 0.4) is 0 Å². The van der Waals surface area contributed by atoms with Crippen LogP contribution in [0.1, 0.15) is 29.8 Å². The lowest BCUT2D eigenvalue weighted by Crippen LogP contribution is -2.23. The molecule has 4 heteroatoms. The minimum atomic E-state index is 0.451. The van der Waals surface area contributed by atoms with Crippen LogP contribution in [-0.4, -0.2) is 6.54 Å². The van der Waals surface area contributed by atoms with Gasteiger partial charge in [0, 0.05) is 17.3 Å². The summed E-state index contributed by atoms with van der Waals surface area (Å²) >= 11 is 7.12. The molecule has 0 saturated heterocycles. The van der Waals surface area contributed by atoms with Gasteiger partial charge in [-0.2, -0.15) is 11.3 Å². The fourth-order valence-electron chi connectivity index (χ4n) is 1.76. The minimum absolute atomic E-state index is 0.451. The van der Waals surface area contributed by atoms with Gasteiger partial charge in [-0.15, -0.1) is 11.3 Å². The van der Waals surface area contributed by atoms with Crippen LogP contribution in [-0.2, 0) is 6.42 Å². The van der Waals surface area contributed by atoms with Crippen molar-refractivity contribution >= 4 is 38.6 Å². The van der Waals surface area contributed by atoms with E-state index in [-0.39, 0.29) is 0 Å². The summed E-state index contributed by atoms with van der Waals surface area (Å²) in [7, 11) is 0. The van der Waals surface area contributed by atoms with E-state index >= 15 is 0 Å². The number of halogens is 1. The zero-order valence-electron chi connectivity index (χ0n) is 9.78. The van der Waals surface area contributed by atoms with Crippen molar-refractivity contribution in [2.24, 2.45) is 0 Å². The largest absolute Gasteiger partial charge is 0.310 e. The molecular weight excluding hydrogens is 314 g/mol. The van der Waals surface area contributed by atoms with Gasteiger partial charge in [0.2, 0.25) is 0 Å². The summed E-state index contributed by atoms with van der Waals surface area (Å²) in [4.78, 5) is 1.43. The van der Waals surface area contributed by atoms with Gasteiger partial charge >= 0.3 is 0 Å². The Morgan fingerprint density at radius 1 is 1.35 bits per heavy atom. The van der Waals surface area contributed by atoms with Crippen LogP contribution in [0.15, 0.2) is 32.7 Å². The van der Waals surface area contributed by atoms with Crippen LogP contribution in [0.4, 0.5) is 0 Å². The molecule has 0 spiro atoms. The number of hydrogen-bond donors (Lipinski definition) is 1. The molecule has 17 heavy (non-hydrogen) atoms. The molecule has 1 nitrogen and oxygen atoms in total. The summed E-state index contributed by atoms with van der Waals surface area (Å²) in [6.45, 7) is 3.28. The first-order valence-electron chi connectivity index (χ1n) is 5.79. The normalized spacial score (nSPS) is 12.8. The summed E-state index contributed by atoms with van der Waals surface area (Å²) in [6.07, 6.45) is 2.25. The Morgan fingerprint density at radius 3 is 2.82 bits per heavy atom. The Labute approximate surface area is 119 Å². The molecule has 0 amide bonds. The molecule has 2 aromatic rings. The fourth-order valence-corrected chi connectivity index (χ4v) is 4.01. The third-order valence-electron chi connectivity index (χ3n) is 2.62. The monoisotopic (exact) mass is 329 g/mol. The van der Waals surface area contributed by atoms with Gasteiger partial charge in [0.1, 0.15) is 0 Å². The van der Waals surface area contributed by atoms with Crippen LogP contribution in [0.5, 0.6) is 0 Å². The van der Waals surface area contributed by atoms with Crippen molar-refractivity contribution in [2.45, 2.75) is 25.8 Å². The lowest BCUT2D eigenvalue weighted by Gasteiger charge is -2.16. The van der Waals surface area contributed by atoms with Gasteiger partial charge in [-0.1, -0.05) is 6.92 Å². The molecule has 0 aliphatic carbocycles. The highest BCUT2D eigenvalue weighted by molar-refractivity contribution is 9.11. The Balaban J connectivity index is 2.05. The van der Waals surface area contributed by atoms with Gasteiger partial charge in [0.25, 0.3) is 0 Å². The van der Waals surface area contributed by atoms with Crippen LogP contribution in [0.2, 0.25) is 0 Å². The highest BCUT2D eigenvalue weighted by atomic mass is 79.9. The summed E-state index contributed by atoms with van der Waals surface area (Å²) in [5, 5.41) is 8.03. The molecule has 0 aliphatic rings. The molecule has 0 bridgehead atoms. The van der Waals surface area contributed by atoms with Crippen LogP contribution >= 0.6 is 38.6 Å². The molecule has 0 radical (unpaired) electrons. The Bertz CT molecular complexity index is 436. The van der Waals surface area contributed by atoms with Crippen molar-refractivity contribution in [3.63, 3.8) is 0 Å². The van der Waals surface area contributed by atoms with Crippen molar-refractivity contribution in [3.05, 3.63) is 43.2 Å². The second-order valence-electron chi connectivity index (χ2n) is 3.97. The summed E-state index contributed by atoms with van der Waals surface area (Å²) in [6, 6.07) is 7.01. The van der Waals surface area contributed by atoms with Crippen LogP contribution in [0, 0.1) is 0 Å². The SMILES string of the molecule is CCCNC(Cc1ccc(Br)s1)c1ccsc1.